The van der Waals surface area contributed by atoms with Crippen LogP contribution in [0.5, 0.6) is 0 Å². The van der Waals surface area contributed by atoms with Crippen molar-refractivity contribution in [3.8, 4) is 0 Å². The second-order valence-corrected chi connectivity index (χ2v) is 5.60. The molecule has 3 heterocycles. The fraction of sp³-hybridized carbons (Fsp3) is 0.312. The van der Waals surface area contributed by atoms with Crippen molar-refractivity contribution in [2.45, 2.75) is 18.9 Å². The molecular weight excluding hydrogens is 300 g/mol. The highest BCUT2D eigenvalue weighted by Crippen LogP contribution is 2.31. The first-order chi connectivity index (χ1) is 11.2. The summed E-state index contributed by atoms with van der Waals surface area (Å²) in [6, 6.07) is 9.41. The molecule has 5 nitrogen and oxygen atoms in total. The van der Waals surface area contributed by atoms with E-state index in [2.05, 4.69) is 15.1 Å². The molecule has 1 atom stereocenters. The Balaban J connectivity index is 1.73. The molecule has 2 aromatic heterocycles. The average molecular weight is 315 g/mol. The molecule has 118 valence electrons. The zero-order valence-corrected chi connectivity index (χ0v) is 12.3. The minimum absolute atomic E-state index is 0.230. The molecule has 1 unspecified atom stereocenters. The Hall–Kier alpha value is -2.57. The Bertz CT molecular complexity index is 818. The quantitative estimate of drug-likeness (QED) is 0.744. The van der Waals surface area contributed by atoms with Gasteiger partial charge in [0.2, 0.25) is 0 Å². The van der Waals surface area contributed by atoms with E-state index in [4.69, 9.17) is 0 Å². The Morgan fingerprint density at radius 3 is 2.78 bits per heavy atom. The van der Waals surface area contributed by atoms with E-state index in [9.17, 15) is 8.78 Å². The number of hydrogen-bond donors (Lipinski definition) is 0. The number of aromatic nitrogens is 4. The third-order valence-corrected chi connectivity index (χ3v) is 4.16. The second-order valence-electron chi connectivity index (χ2n) is 5.60. The molecule has 1 saturated heterocycles. The highest BCUT2D eigenvalue weighted by Gasteiger charge is 2.27. The molecule has 0 saturated carbocycles. The first-order valence-electron chi connectivity index (χ1n) is 7.51. The minimum Gasteiger partial charge on any atom is -0.354 e. The first-order valence-corrected chi connectivity index (χ1v) is 7.51. The van der Waals surface area contributed by atoms with Gasteiger partial charge in [-0.15, -0.1) is 0 Å². The van der Waals surface area contributed by atoms with Crippen LogP contribution in [0, 0.1) is 0 Å². The number of alkyl halides is 2. The summed E-state index contributed by atoms with van der Waals surface area (Å²) in [4.78, 5) is 10.1. The molecule has 4 rings (SSSR count). The van der Waals surface area contributed by atoms with Gasteiger partial charge in [-0.05, 0) is 24.6 Å². The highest BCUT2D eigenvalue weighted by molar-refractivity contribution is 5.89. The van der Waals surface area contributed by atoms with Gasteiger partial charge in [0.25, 0.3) is 6.43 Å². The Morgan fingerprint density at radius 2 is 2.00 bits per heavy atom. The van der Waals surface area contributed by atoms with Crippen LogP contribution >= 0.6 is 0 Å². The molecule has 3 aromatic rings. The van der Waals surface area contributed by atoms with Crippen molar-refractivity contribution in [1.29, 1.82) is 0 Å². The summed E-state index contributed by atoms with van der Waals surface area (Å²) in [5, 5.41) is 5.08. The summed E-state index contributed by atoms with van der Waals surface area (Å²) in [5.74, 6) is 0.168. The van der Waals surface area contributed by atoms with Crippen molar-refractivity contribution in [3.63, 3.8) is 0 Å². The van der Waals surface area contributed by atoms with E-state index in [1.807, 2.05) is 34.0 Å². The lowest BCUT2D eigenvalue weighted by atomic mass is 10.2. The number of fused-ring (bicyclic) bond motifs is 1. The molecule has 1 aromatic carbocycles. The van der Waals surface area contributed by atoms with E-state index < -0.39 is 12.2 Å². The summed E-state index contributed by atoms with van der Waals surface area (Å²) in [7, 11) is 0. The van der Waals surface area contributed by atoms with Crippen molar-refractivity contribution >= 4 is 16.7 Å². The van der Waals surface area contributed by atoms with Crippen LogP contribution in [0.2, 0.25) is 0 Å². The van der Waals surface area contributed by atoms with Crippen molar-refractivity contribution in [2.24, 2.45) is 0 Å². The highest BCUT2D eigenvalue weighted by atomic mass is 19.3. The second kappa shape index (κ2) is 5.57. The van der Waals surface area contributed by atoms with Gasteiger partial charge in [0.1, 0.15) is 5.82 Å². The Labute approximate surface area is 131 Å². The number of anilines is 1. The maximum absolute atomic E-state index is 13.1. The standard InChI is InChI=1S/C16H15F2N5/c17-14(18)15-20-13-5-2-1-4-12(13)16(21-15)22-9-6-11(10-22)23-8-3-7-19-23/h1-5,7-8,11,14H,6,9-10H2. The monoisotopic (exact) mass is 315 g/mol. The van der Waals surface area contributed by atoms with Crippen LogP contribution in [0.1, 0.15) is 24.7 Å². The number of benzene rings is 1. The van der Waals surface area contributed by atoms with Crippen LogP contribution in [0.3, 0.4) is 0 Å². The van der Waals surface area contributed by atoms with Gasteiger partial charge in [-0.25, -0.2) is 18.7 Å². The smallest absolute Gasteiger partial charge is 0.297 e. The summed E-state index contributed by atoms with van der Waals surface area (Å²) >= 11 is 0. The van der Waals surface area contributed by atoms with Crippen molar-refractivity contribution in [1.82, 2.24) is 19.7 Å². The molecule has 0 aliphatic carbocycles. The van der Waals surface area contributed by atoms with Crippen LogP contribution in [0.25, 0.3) is 10.9 Å². The lowest BCUT2D eigenvalue weighted by Gasteiger charge is -2.20. The number of halogens is 2. The number of hydrogen-bond acceptors (Lipinski definition) is 4. The van der Waals surface area contributed by atoms with Crippen LogP contribution in [-0.2, 0) is 0 Å². The summed E-state index contributed by atoms with van der Waals surface area (Å²) in [6.07, 6.45) is 1.90. The lowest BCUT2D eigenvalue weighted by molar-refractivity contribution is 0.141. The van der Waals surface area contributed by atoms with E-state index in [0.717, 1.165) is 18.4 Å². The maximum atomic E-state index is 13.1. The molecule has 1 aliphatic rings. The zero-order chi connectivity index (χ0) is 15.8. The van der Waals surface area contributed by atoms with Gasteiger partial charge in [0.05, 0.1) is 11.6 Å². The van der Waals surface area contributed by atoms with Crippen LogP contribution in [0.15, 0.2) is 42.7 Å². The van der Waals surface area contributed by atoms with E-state index in [1.54, 1.807) is 18.3 Å². The van der Waals surface area contributed by atoms with Gasteiger partial charge in [0.15, 0.2) is 5.82 Å². The zero-order valence-electron chi connectivity index (χ0n) is 12.3. The molecule has 23 heavy (non-hydrogen) atoms. The summed E-state index contributed by atoms with van der Waals surface area (Å²) < 4.78 is 28.1. The largest absolute Gasteiger partial charge is 0.354 e. The van der Waals surface area contributed by atoms with E-state index >= 15 is 0 Å². The average Bonchev–Trinajstić information content (AvgIpc) is 3.24. The topological polar surface area (TPSA) is 46.8 Å². The van der Waals surface area contributed by atoms with Gasteiger partial charge in [-0.2, -0.15) is 5.10 Å². The molecule has 0 amide bonds. The molecule has 0 bridgehead atoms. The first kappa shape index (κ1) is 14.0. The van der Waals surface area contributed by atoms with Gasteiger partial charge in [-0.1, -0.05) is 12.1 Å². The third-order valence-electron chi connectivity index (χ3n) is 4.16. The van der Waals surface area contributed by atoms with Crippen molar-refractivity contribution in [2.75, 3.05) is 18.0 Å². The van der Waals surface area contributed by atoms with E-state index in [-0.39, 0.29) is 6.04 Å². The van der Waals surface area contributed by atoms with Crippen molar-refractivity contribution in [3.05, 3.63) is 48.5 Å². The Morgan fingerprint density at radius 1 is 1.13 bits per heavy atom. The molecule has 7 heteroatoms. The summed E-state index contributed by atoms with van der Waals surface area (Å²) in [6.45, 7) is 1.46. The predicted octanol–water partition coefficient (Wildman–Crippen LogP) is 3.22. The number of rotatable bonds is 3. The minimum atomic E-state index is -2.68. The van der Waals surface area contributed by atoms with Gasteiger partial charge in [0, 0.05) is 30.9 Å². The van der Waals surface area contributed by atoms with Crippen molar-refractivity contribution < 1.29 is 8.78 Å². The Kier molecular flexibility index (Phi) is 3.40. The molecule has 0 radical (unpaired) electrons. The maximum Gasteiger partial charge on any atom is 0.297 e. The molecule has 0 spiro atoms. The molecule has 0 N–H and O–H groups in total. The predicted molar refractivity (Wildman–Crippen MR) is 82.6 cm³/mol. The van der Waals surface area contributed by atoms with E-state index in [1.165, 1.54) is 0 Å². The summed E-state index contributed by atoms with van der Waals surface area (Å²) in [5.41, 5.74) is 0.551. The fourth-order valence-electron chi connectivity index (χ4n) is 3.06. The molecule has 1 fully saturated rings. The van der Waals surface area contributed by atoms with Crippen LogP contribution in [-0.4, -0.2) is 32.8 Å². The fourth-order valence-corrected chi connectivity index (χ4v) is 3.06. The number of para-hydroxylation sites is 1. The third kappa shape index (κ3) is 2.52. The normalized spacial score (nSPS) is 18.2. The van der Waals surface area contributed by atoms with E-state index in [0.29, 0.717) is 17.9 Å². The lowest BCUT2D eigenvalue weighted by Crippen LogP contribution is -2.23. The van der Waals surface area contributed by atoms with Gasteiger partial charge < -0.3 is 4.90 Å². The van der Waals surface area contributed by atoms with Gasteiger partial charge in [-0.3, -0.25) is 4.68 Å². The SMILES string of the molecule is FC(F)c1nc(N2CCC(n3cccn3)C2)c2ccccc2n1. The molecule has 1 aliphatic heterocycles. The van der Waals surface area contributed by atoms with Crippen LogP contribution < -0.4 is 4.90 Å². The molecular formula is C16H15F2N5. The van der Waals surface area contributed by atoms with Gasteiger partial charge >= 0.3 is 0 Å². The number of nitrogens with zero attached hydrogens (tertiary/aromatic N) is 5. The van der Waals surface area contributed by atoms with Crippen LogP contribution in [0.4, 0.5) is 14.6 Å².